The molecule has 3 nitrogen and oxygen atoms in total. The van der Waals surface area contributed by atoms with E-state index >= 15 is 0 Å². The van der Waals surface area contributed by atoms with Crippen LogP contribution in [0.1, 0.15) is 13.8 Å². The molecular formula is C5H8NO2. The molecule has 0 aromatic carbocycles. The lowest BCUT2D eigenvalue weighted by atomic mass is 10.4. The maximum absolute atomic E-state index is 10.1. The highest BCUT2D eigenvalue weighted by Gasteiger charge is 1.98. The van der Waals surface area contributed by atoms with Crippen molar-refractivity contribution in [1.82, 2.24) is 5.32 Å². The number of hydrogen-bond acceptors (Lipinski definition) is 2. The molecule has 0 aliphatic heterocycles. The van der Waals surface area contributed by atoms with E-state index in [9.17, 15) is 9.59 Å². The summed E-state index contributed by atoms with van der Waals surface area (Å²) in [5, 5.41) is 2.33. The van der Waals surface area contributed by atoms with Gasteiger partial charge in [-0.25, -0.2) is 0 Å². The van der Waals surface area contributed by atoms with E-state index in [-0.39, 0.29) is 5.91 Å². The summed E-state index contributed by atoms with van der Waals surface area (Å²) in [4.78, 5) is 19.8. The zero-order valence-corrected chi connectivity index (χ0v) is 4.89. The van der Waals surface area contributed by atoms with Crippen LogP contribution in [0.4, 0.5) is 0 Å². The van der Waals surface area contributed by atoms with Crippen LogP contribution in [0, 0.1) is 0 Å². The van der Waals surface area contributed by atoms with Crippen LogP contribution in [0.25, 0.3) is 0 Å². The highest BCUT2D eigenvalue weighted by Crippen LogP contribution is 1.71. The summed E-state index contributed by atoms with van der Waals surface area (Å²) >= 11 is 0. The van der Waals surface area contributed by atoms with Gasteiger partial charge >= 0.3 is 0 Å². The summed E-state index contributed by atoms with van der Waals surface area (Å²) in [6.07, 6.45) is 1.61. The molecule has 0 unspecified atom stereocenters. The molecule has 0 spiro atoms. The lowest BCUT2D eigenvalue weighted by Gasteiger charge is -1.99. The molecule has 1 radical (unpaired) electrons. The molecule has 0 saturated carbocycles. The molecule has 0 aromatic rings. The number of carbonyl (C=O) groups is 1. The van der Waals surface area contributed by atoms with Gasteiger partial charge in [0.25, 0.3) is 0 Å². The van der Waals surface area contributed by atoms with Crippen molar-refractivity contribution in [2.24, 2.45) is 0 Å². The first-order chi connectivity index (χ1) is 3.66. The minimum atomic E-state index is -0.479. The standard InChI is InChI=1S/C5H8NO2/c1-4(3-7)6-5(2)8/h4H,1-2H3,(H,6,8)/t4-/m1/s1. The molecule has 0 aliphatic carbocycles. The minimum Gasteiger partial charge on any atom is -0.346 e. The Balaban J connectivity index is 3.38. The molecule has 45 valence electrons. The first kappa shape index (κ1) is 7.14. The quantitative estimate of drug-likeness (QED) is 0.532. The summed E-state index contributed by atoms with van der Waals surface area (Å²) in [6, 6.07) is -0.479. The van der Waals surface area contributed by atoms with Crippen LogP contribution in [0.15, 0.2) is 0 Å². The first-order valence-electron chi connectivity index (χ1n) is 2.31. The molecule has 1 N–H and O–H groups in total. The smallest absolute Gasteiger partial charge is 0.222 e. The Kier molecular flexibility index (Phi) is 2.84. The van der Waals surface area contributed by atoms with Crippen LogP contribution in [-0.2, 0) is 9.59 Å². The van der Waals surface area contributed by atoms with Crippen molar-refractivity contribution in [3.05, 3.63) is 0 Å². The van der Waals surface area contributed by atoms with Crippen LogP contribution in [0.5, 0.6) is 0 Å². The van der Waals surface area contributed by atoms with Crippen molar-refractivity contribution in [3.63, 3.8) is 0 Å². The van der Waals surface area contributed by atoms with E-state index in [4.69, 9.17) is 0 Å². The fourth-order valence-electron chi connectivity index (χ4n) is 0.334. The molecule has 0 fully saturated rings. The molecule has 0 aromatic heterocycles. The van der Waals surface area contributed by atoms with Gasteiger partial charge < -0.3 is 5.32 Å². The predicted octanol–water partition coefficient (Wildman–Crippen LogP) is -0.379. The third kappa shape index (κ3) is 3.33. The van der Waals surface area contributed by atoms with Gasteiger partial charge in [0.05, 0.1) is 6.04 Å². The number of rotatable bonds is 2. The normalized spacial score (nSPS) is 12.2. The SMILES string of the molecule is CC(=O)N[C@H](C)[C]=O. The summed E-state index contributed by atoms with van der Waals surface area (Å²) in [6.45, 7) is 2.92. The Morgan fingerprint density at radius 2 is 2.25 bits per heavy atom. The van der Waals surface area contributed by atoms with Crippen LogP contribution < -0.4 is 5.32 Å². The molecule has 1 amide bonds. The van der Waals surface area contributed by atoms with Gasteiger partial charge in [-0.3, -0.25) is 9.59 Å². The molecule has 1 atom stereocenters. The van der Waals surface area contributed by atoms with E-state index < -0.39 is 6.04 Å². The minimum absolute atomic E-state index is 0.208. The van der Waals surface area contributed by atoms with Gasteiger partial charge in [-0.1, -0.05) is 0 Å². The zero-order valence-electron chi connectivity index (χ0n) is 4.89. The van der Waals surface area contributed by atoms with Gasteiger partial charge in [-0.2, -0.15) is 0 Å². The van der Waals surface area contributed by atoms with Crippen molar-refractivity contribution < 1.29 is 9.59 Å². The highest BCUT2D eigenvalue weighted by molar-refractivity contribution is 5.77. The average Bonchev–Trinajstić information content (AvgIpc) is 1.65. The van der Waals surface area contributed by atoms with Gasteiger partial charge in [0, 0.05) is 6.92 Å². The number of hydrogen-bond donors (Lipinski definition) is 1. The Bertz CT molecular complexity index is 101. The summed E-state index contributed by atoms with van der Waals surface area (Å²) in [7, 11) is 0. The van der Waals surface area contributed by atoms with Gasteiger partial charge in [-0.05, 0) is 6.92 Å². The van der Waals surface area contributed by atoms with Crippen LogP contribution >= 0.6 is 0 Å². The van der Waals surface area contributed by atoms with Crippen molar-refractivity contribution in [2.45, 2.75) is 19.9 Å². The second-order valence-electron chi connectivity index (χ2n) is 1.54. The number of amides is 1. The van der Waals surface area contributed by atoms with Gasteiger partial charge in [0.15, 0.2) is 0 Å². The Labute approximate surface area is 48.1 Å². The monoisotopic (exact) mass is 114 g/mol. The number of nitrogens with one attached hydrogen (secondary N) is 1. The van der Waals surface area contributed by atoms with E-state index in [0.717, 1.165) is 0 Å². The second-order valence-corrected chi connectivity index (χ2v) is 1.54. The topological polar surface area (TPSA) is 46.2 Å². The second kappa shape index (κ2) is 3.18. The molecule has 0 bridgehead atoms. The lowest BCUT2D eigenvalue weighted by molar-refractivity contribution is -0.119. The zero-order chi connectivity index (χ0) is 6.57. The summed E-state index contributed by atoms with van der Waals surface area (Å²) in [5.74, 6) is -0.208. The third-order valence-corrected chi connectivity index (χ3v) is 0.597. The van der Waals surface area contributed by atoms with Crippen LogP contribution in [-0.4, -0.2) is 18.2 Å². The molecule has 0 saturated heterocycles. The maximum Gasteiger partial charge on any atom is 0.222 e. The van der Waals surface area contributed by atoms with Crippen molar-refractivity contribution in [2.75, 3.05) is 0 Å². The number of carbonyl (C=O) groups excluding carboxylic acids is 2. The van der Waals surface area contributed by atoms with E-state index in [1.54, 1.807) is 13.2 Å². The Hall–Kier alpha value is -0.860. The lowest BCUT2D eigenvalue weighted by Crippen LogP contribution is -2.31. The molecule has 8 heavy (non-hydrogen) atoms. The Morgan fingerprint density at radius 3 is 2.38 bits per heavy atom. The van der Waals surface area contributed by atoms with E-state index in [1.165, 1.54) is 6.92 Å². The molecule has 0 aliphatic rings. The maximum atomic E-state index is 10.1. The average molecular weight is 114 g/mol. The van der Waals surface area contributed by atoms with Crippen molar-refractivity contribution in [3.8, 4) is 0 Å². The molecule has 0 rings (SSSR count). The van der Waals surface area contributed by atoms with E-state index in [2.05, 4.69) is 5.32 Å². The largest absolute Gasteiger partial charge is 0.346 e. The fraction of sp³-hybridized carbons (Fsp3) is 0.600. The molecule has 0 heterocycles. The summed E-state index contributed by atoms with van der Waals surface area (Å²) < 4.78 is 0. The molecule has 3 heteroatoms. The van der Waals surface area contributed by atoms with Crippen molar-refractivity contribution in [1.29, 1.82) is 0 Å². The van der Waals surface area contributed by atoms with Crippen molar-refractivity contribution >= 4 is 12.2 Å². The van der Waals surface area contributed by atoms with Crippen LogP contribution in [0.3, 0.4) is 0 Å². The van der Waals surface area contributed by atoms with Gasteiger partial charge in [-0.15, -0.1) is 0 Å². The molecular weight excluding hydrogens is 106 g/mol. The highest BCUT2D eigenvalue weighted by atomic mass is 16.2. The first-order valence-corrected chi connectivity index (χ1v) is 2.31. The van der Waals surface area contributed by atoms with Crippen LogP contribution in [0.2, 0.25) is 0 Å². The van der Waals surface area contributed by atoms with E-state index in [1.807, 2.05) is 0 Å². The van der Waals surface area contributed by atoms with Gasteiger partial charge in [0.1, 0.15) is 0 Å². The van der Waals surface area contributed by atoms with E-state index in [0.29, 0.717) is 0 Å². The predicted molar refractivity (Wildman–Crippen MR) is 29.0 cm³/mol. The van der Waals surface area contributed by atoms with Gasteiger partial charge in [0.2, 0.25) is 12.2 Å². The fourth-order valence-corrected chi connectivity index (χ4v) is 0.334. The summed E-state index contributed by atoms with van der Waals surface area (Å²) in [5.41, 5.74) is 0. The Morgan fingerprint density at radius 1 is 1.75 bits per heavy atom. The third-order valence-electron chi connectivity index (χ3n) is 0.597.